The van der Waals surface area contributed by atoms with Crippen LogP contribution in [-0.2, 0) is 6.54 Å². The van der Waals surface area contributed by atoms with Crippen LogP contribution in [0.2, 0.25) is 0 Å². The SMILES string of the molecule is Cc1cccc(CN(C)C(CN)c2ccc(F)cc2Br)c1. The molecule has 0 saturated carbocycles. The molecule has 0 saturated heterocycles. The van der Waals surface area contributed by atoms with Gasteiger partial charge in [-0.25, -0.2) is 4.39 Å². The summed E-state index contributed by atoms with van der Waals surface area (Å²) in [5.41, 5.74) is 9.44. The predicted molar refractivity (Wildman–Crippen MR) is 88.5 cm³/mol. The molecule has 2 nitrogen and oxygen atoms in total. The minimum Gasteiger partial charge on any atom is -0.329 e. The van der Waals surface area contributed by atoms with Crippen molar-refractivity contribution in [2.75, 3.05) is 13.6 Å². The first-order chi connectivity index (χ1) is 10.0. The molecule has 0 amide bonds. The number of benzene rings is 2. The molecule has 112 valence electrons. The van der Waals surface area contributed by atoms with Crippen LogP contribution in [0.3, 0.4) is 0 Å². The molecule has 0 aliphatic rings. The molecule has 2 aromatic carbocycles. The van der Waals surface area contributed by atoms with Crippen molar-refractivity contribution in [3.05, 3.63) is 69.4 Å². The molecule has 4 heteroatoms. The van der Waals surface area contributed by atoms with Gasteiger partial charge in [-0.1, -0.05) is 51.8 Å². The van der Waals surface area contributed by atoms with Crippen molar-refractivity contribution >= 4 is 15.9 Å². The van der Waals surface area contributed by atoms with Crippen molar-refractivity contribution in [2.24, 2.45) is 5.73 Å². The molecule has 0 bridgehead atoms. The van der Waals surface area contributed by atoms with Gasteiger partial charge < -0.3 is 5.73 Å². The number of rotatable bonds is 5. The predicted octanol–water partition coefficient (Wildman–Crippen LogP) is 4.03. The molecule has 0 radical (unpaired) electrons. The minimum absolute atomic E-state index is 0.0421. The molecular formula is C17H20BrFN2. The Hall–Kier alpha value is -1.23. The summed E-state index contributed by atoms with van der Waals surface area (Å²) in [6.45, 7) is 3.36. The maximum atomic E-state index is 13.2. The van der Waals surface area contributed by atoms with Crippen LogP contribution in [0.1, 0.15) is 22.7 Å². The number of hydrogen-bond acceptors (Lipinski definition) is 2. The highest BCUT2D eigenvalue weighted by Gasteiger charge is 2.18. The first-order valence-corrected chi connectivity index (χ1v) is 7.71. The highest BCUT2D eigenvalue weighted by atomic mass is 79.9. The van der Waals surface area contributed by atoms with E-state index in [9.17, 15) is 4.39 Å². The molecule has 0 aliphatic heterocycles. The maximum Gasteiger partial charge on any atom is 0.124 e. The number of hydrogen-bond donors (Lipinski definition) is 1. The lowest BCUT2D eigenvalue weighted by atomic mass is 10.0. The highest BCUT2D eigenvalue weighted by molar-refractivity contribution is 9.10. The van der Waals surface area contributed by atoms with Crippen LogP contribution >= 0.6 is 15.9 Å². The van der Waals surface area contributed by atoms with Gasteiger partial charge in [0.25, 0.3) is 0 Å². The van der Waals surface area contributed by atoms with E-state index < -0.39 is 0 Å². The average molecular weight is 351 g/mol. The van der Waals surface area contributed by atoms with Crippen LogP contribution in [0.5, 0.6) is 0 Å². The Kier molecular flexibility index (Phi) is 5.51. The monoisotopic (exact) mass is 350 g/mol. The standard InChI is InChI=1S/C17H20BrFN2/c1-12-4-3-5-13(8-12)11-21(2)17(10-20)15-7-6-14(19)9-16(15)18/h3-9,17H,10-11,20H2,1-2H3. The van der Waals surface area contributed by atoms with Crippen LogP contribution in [0.25, 0.3) is 0 Å². The molecule has 0 heterocycles. The van der Waals surface area contributed by atoms with Gasteiger partial charge in [-0.05, 0) is 37.2 Å². The number of aryl methyl sites for hydroxylation is 1. The van der Waals surface area contributed by atoms with Gasteiger partial charge in [-0.15, -0.1) is 0 Å². The minimum atomic E-state index is -0.247. The van der Waals surface area contributed by atoms with Gasteiger partial charge >= 0.3 is 0 Å². The van der Waals surface area contributed by atoms with Crippen molar-refractivity contribution < 1.29 is 4.39 Å². The van der Waals surface area contributed by atoms with Crippen molar-refractivity contribution in [1.82, 2.24) is 4.90 Å². The summed E-state index contributed by atoms with van der Waals surface area (Å²) < 4.78 is 14.0. The number of nitrogens with zero attached hydrogens (tertiary/aromatic N) is 1. The van der Waals surface area contributed by atoms with E-state index in [0.717, 1.165) is 16.6 Å². The Morgan fingerprint density at radius 2 is 2.00 bits per heavy atom. The first kappa shape index (κ1) is 16.1. The third-order valence-corrected chi connectivity index (χ3v) is 4.28. The van der Waals surface area contributed by atoms with Gasteiger partial charge in [-0.3, -0.25) is 4.90 Å². The van der Waals surface area contributed by atoms with E-state index in [-0.39, 0.29) is 11.9 Å². The lowest BCUT2D eigenvalue weighted by Crippen LogP contribution is -2.30. The molecule has 21 heavy (non-hydrogen) atoms. The Balaban J connectivity index is 2.20. The zero-order chi connectivity index (χ0) is 15.4. The van der Waals surface area contributed by atoms with Crippen LogP contribution in [0, 0.1) is 12.7 Å². The summed E-state index contributed by atoms with van der Waals surface area (Å²) >= 11 is 3.43. The van der Waals surface area contributed by atoms with Gasteiger partial charge in [0, 0.05) is 23.6 Å². The van der Waals surface area contributed by atoms with Crippen LogP contribution in [0.15, 0.2) is 46.9 Å². The lowest BCUT2D eigenvalue weighted by molar-refractivity contribution is 0.241. The van der Waals surface area contributed by atoms with Gasteiger partial charge in [0.05, 0.1) is 0 Å². The number of nitrogens with two attached hydrogens (primary N) is 1. The van der Waals surface area contributed by atoms with E-state index in [1.165, 1.54) is 23.3 Å². The van der Waals surface area contributed by atoms with E-state index in [0.29, 0.717) is 6.54 Å². The number of halogens is 2. The van der Waals surface area contributed by atoms with Gasteiger partial charge in [0.2, 0.25) is 0 Å². The van der Waals surface area contributed by atoms with Crippen molar-refractivity contribution in [3.63, 3.8) is 0 Å². The molecule has 0 fully saturated rings. The Morgan fingerprint density at radius 3 is 2.62 bits per heavy atom. The normalized spacial score (nSPS) is 12.7. The van der Waals surface area contributed by atoms with E-state index in [2.05, 4.69) is 52.0 Å². The van der Waals surface area contributed by atoms with Gasteiger partial charge in [0.15, 0.2) is 0 Å². The van der Waals surface area contributed by atoms with Crippen molar-refractivity contribution in [3.8, 4) is 0 Å². The Morgan fingerprint density at radius 1 is 1.24 bits per heavy atom. The maximum absolute atomic E-state index is 13.2. The summed E-state index contributed by atoms with van der Waals surface area (Å²) in [6.07, 6.45) is 0. The zero-order valence-corrected chi connectivity index (χ0v) is 13.9. The smallest absolute Gasteiger partial charge is 0.124 e. The summed E-state index contributed by atoms with van der Waals surface area (Å²) in [5, 5.41) is 0. The fraction of sp³-hybridized carbons (Fsp3) is 0.294. The van der Waals surface area contributed by atoms with E-state index >= 15 is 0 Å². The molecule has 0 aliphatic carbocycles. The largest absolute Gasteiger partial charge is 0.329 e. The fourth-order valence-electron chi connectivity index (χ4n) is 2.52. The van der Waals surface area contributed by atoms with Crippen molar-refractivity contribution in [2.45, 2.75) is 19.5 Å². The molecule has 0 spiro atoms. The summed E-state index contributed by atoms with van der Waals surface area (Å²) in [7, 11) is 2.04. The first-order valence-electron chi connectivity index (χ1n) is 6.92. The second-order valence-corrected chi connectivity index (χ2v) is 6.18. The number of likely N-dealkylation sites (N-methyl/N-ethyl adjacent to an activating group) is 1. The van der Waals surface area contributed by atoms with E-state index in [4.69, 9.17) is 5.73 Å². The molecular weight excluding hydrogens is 331 g/mol. The second kappa shape index (κ2) is 7.16. The third kappa shape index (κ3) is 4.13. The zero-order valence-electron chi connectivity index (χ0n) is 12.3. The molecule has 1 atom stereocenters. The summed E-state index contributed by atoms with van der Waals surface area (Å²) in [4.78, 5) is 2.19. The lowest BCUT2D eigenvalue weighted by Gasteiger charge is -2.28. The van der Waals surface area contributed by atoms with Crippen LogP contribution in [-0.4, -0.2) is 18.5 Å². The molecule has 2 aromatic rings. The molecule has 0 aromatic heterocycles. The van der Waals surface area contributed by atoms with Gasteiger partial charge in [0.1, 0.15) is 5.82 Å². The highest BCUT2D eigenvalue weighted by Crippen LogP contribution is 2.28. The van der Waals surface area contributed by atoms with E-state index in [1.54, 1.807) is 6.07 Å². The third-order valence-electron chi connectivity index (χ3n) is 3.59. The summed E-state index contributed by atoms with van der Waals surface area (Å²) in [6, 6.07) is 13.2. The average Bonchev–Trinajstić information content (AvgIpc) is 2.42. The van der Waals surface area contributed by atoms with E-state index in [1.807, 2.05) is 7.05 Å². The Labute approximate surface area is 133 Å². The second-order valence-electron chi connectivity index (χ2n) is 5.32. The molecule has 1 unspecified atom stereocenters. The van der Waals surface area contributed by atoms with Gasteiger partial charge in [-0.2, -0.15) is 0 Å². The molecule has 2 rings (SSSR count). The molecule has 2 N–H and O–H groups in total. The quantitative estimate of drug-likeness (QED) is 0.881. The van der Waals surface area contributed by atoms with Crippen molar-refractivity contribution in [1.29, 1.82) is 0 Å². The van der Waals surface area contributed by atoms with Crippen LogP contribution in [0.4, 0.5) is 4.39 Å². The Bertz CT molecular complexity index is 615. The summed E-state index contributed by atoms with van der Waals surface area (Å²) in [5.74, 6) is -0.247. The fourth-order valence-corrected chi connectivity index (χ4v) is 3.14. The topological polar surface area (TPSA) is 29.3 Å². The van der Waals surface area contributed by atoms with Crippen LogP contribution < -0.4 is 5.73 Å².